The maximum Gasteiger partial charge on any atom is 0.343 e. The highest BCUT2D eigenvalue weighted by Crippen LogP contribution is 2.27. The van der Waals surface area contributed by atoms with Crippen molar-refractivity contribution in [1.29, 1.82) is 0 Å². The van der Waals surface area contributed by atoms with Gasteiger partial charge in [0.15, 0.2) is 6.61 Å². The van der Waals surface area contributed by atoms with Gasteiger partial charge in [-0.1, -0.05) is 23.2 Å². The summed E-state index contributed by atoms with van der Waals surface area (Å²) in [6.07, 6.45) is 1.45. The SMILES string of the molecule is CCOc1ccc(C(=O)Oc2ccc(/C=N/NC(=O)COc3ccc(Cl)cc3Cl)cc2)cc1. The lowest BCUT2D eigenvalue weighted by Crippen LogP contribution is -2.24. The molecule has 0 aliphatic heterocycles. The van der Waals surface area contributed by atoms with Crippen LogP contribution >= 0.6 is 23.2 Å². The average molecular weight is 487 g/mol. The predicted molar refractivity (Wildman–Crippen MR) is 127 cm³/mol. The molecular formula is C24H20Cl2N2O5. The van der Waals surface area contributed by atoms with E-state index in [0.29, 0.717) is 45.0 Å². The number of rotatable bonds is 9. The highest BCUT2D eigenvalue weighted by molar-refractivity contribution is 6.35. The van der Waals surface area contributed by atoms with Gasteiger partial charge in [0, 0.05) is 5.02 Å². The summed E-state index contributed by atoms with van der Waals surface area (Å²) in [6.45, 7) is 2.17. The van der Waals surface area contributed by atoms with Crippen molar-refractivity contribution < 1.29 is 23.8 Å². The maximum atomic E-state index is 12.3. The molecule has 0 aliphatic carbocycles. The first-order valence-corrected chi connectivity index (χ1v) is 10.6. The first kappa shape index (κ1) is 24.1. The molecule has 1 N–H and O–H groups in total. The number of halogens is 2. The van der Waals surface area contributed by atoms with Gasteiger partial charge in [-0.15, -0.1) is 0 Å². The summed E-state index contributed by atoms with van der Waals surface area (Å²) in [5, 5.41) is 4.65. The Morgan fingerprint density at radius 3 is 2.30 bits per heavy atom. The standard InChI is InChI=1S/C24H20Cl2N2O5/c1-2-31-19-10-5-17(6-11-19)24(30)33-20-8-3-16(4-9-20)14-27-28-23(29)15-32-22-12-7-18(25)13-21(22)26/h3-14H,2,15H2,1H3,(H,28,29)/b27-14+. The Labute approximate surface area is 200 Å². The van der Waals surface area contributed by atoms with Crippen LogP contribution in [0.1, 0.15) is 22.8 Å². The van der Waals surface area contributed by atoms with Crippen molar-refractivity contribution in [3.05, 3.63) is 87.9 Å². The highest BCUT2D eigenvalue weighted by atomic mass is 35.5. The Kier molecular flexibility index (Phi) is 8.69. The van der Waals surface area contributed by atoms with Gasteiger partial charge in [0.05, 0.1) is 23.4 Å². The third kappa shape index (κ3) is 7.52. The number of hydrogen-bond acceptors (Lipinski definition) is 6. The number of carbonyl (C=O) groups excluding carboxylic acids is 2. The number of hydrazone groups is 1. The molecule has 0 atom stereocenters. The van der Waals surface area contributed by atoms with E-state index in [-0.39, 0.29) is 6.61 Å². The number of amides is 1. The number of hydrogen-bond donors (Lipinski definition) is 1. The predicted octanol–water partition coefficient (Wildman–Crippen LogP) is 5.14. The fourth-order valence-electron chi connectivity index (χ4n) is 2.59. The largest absolute Gasteiger partial charge is 0.494 e. The second-order valence-corrected chi connectivity index (χ2v) is 7.42. The average Bonchev–Trinajstić information content (AvgIpc) is 2.80. The lowest BCUT2D eigenvalue weighted by molar-refractivity contribution is -0.123. The zero-order valence-corrected chi connectivity index (χ0v) is 19.1. The monoisotopic (exact) mass is 486 g/mol. The molecule has 0 heterocycles. The van der Waals surface area contributed by atoms with Crippen LogP contribution in [0, 0.1) is 0 Å². The van der Waals surface area contributed by atoms with E-state index >= 15 is 0 Å². The number of nitrogens with zero attached hydrogens (tertiary/aromatic N) is 1. The first-order chi connectivity index (χ1) is 15.9. The number of esters is 1. The smallest absolute Gasteiger partial charge is 0.343 e. The second-order valence-electron chi connectivity index (χ2n) is 6.57. The number of carbonyl (C=O) groups is 2. The molecule has 0 unspecified atom stereocenters. The van der Waals surface area contributed by atoms with Crippen LogP contribution in [0.5, 0.6) is 17.2 Å². The van der Waals surface area contributed by atoms with Gasteiger partial charge in [-0.25, -0.2) is 10.2 Å². The van der Waals surface area contributed by atoms with E-state index in [4.69, 9.17) is 37.4 Å². The van der Waals surface area contributed by atoms with Crippen LogP contribution in [-0.2, 0) is 4.79 Å². The molecule has 0 saturated carbocycles. The molecule has 33 heavy (non-hydrogen) atoms. The van der Waals surface area contributed by atoms with E-state index < -0.39 is 11.9 Å². The summed E-state index contributed by atoms with van der Waals surface area (Å²) in [5.74, 6) is 0.467. The van der Waals surface area contributed by atoms with Gasteiger partial charge >= 0.3 is 5.97 Å². The molecule has 0 spiro atoms. The molecule has 3 rings (SSSR count). The maximum absolute atomic E-state index is 12.3. The van der Waals surface area contributed by atoms with Crippen LogP contribution < -0.4 is 19.6 Å². The van der Waals surface area contributed by atoms with E-state index in [9.17, 15) is 9.59 Å². The molecule has 0 radical (unpaired) electrons. The normalized spacial score (nSPS) is 10.6. The topological polar surface area (TPSA) is 86.2 Å². The summed E-state index contributed by atoms with van der Waals surface area (Å²) in [6, 6.07) is 18.1. The Morgan fingerprint density at radius 1 is 0.939 bits per heavy atom. The molecule has 0 aromatic heterocycles. The van der Waals surface area contributed by atoms with E-state index in [2.05, 4.69) is 10.5 Å². The number of nitrogens with one attached hydrogen (secondary N) is 1. The summed E-state index contributed by atoms with van der Waals surface area (Å²) < 4.78 is 16.0. The van der Waals surface area contributed by atoms with Crippen molar-refractivity contribution in [3.63, 3.8) is 0 Å². The van der Waals surface area contributed by atoms with Crippen LogP contribution in [0.15, 0.2) is 71.8 Å². The van der Waals surface area contributed by atoms with Crippen molar-refractivity contribution in [2.24, 2.45) is 5.10 Å². The molecule has 0 aliphatic rings. The Hall–Kier alpha value is -3.55. The van der Waals surface area contributed by atoms with Crippen LogP contribution in [0.2, 0.25) is 10.0 Å². The highest BCUT2D eigenvalue weighted by Gasteiger charge is 2.09. The molecule has 3 aromatic rings. The van der Waals surface area contributed by atoms with Gasteiger partial charge in [0.25, 0.3) is 5.91 Å². The minimum absolute atomic E-state index is 0.265. The van der Waals surface area contributed by atoms with Gasteiger partial charge in [-0.2, -0.15) is 5.10 Å². The molecule has 0 fully saturated rings. The molecular weight excluding hydrogens is 467 g/mol. The lowest BCUT2D eigenvalue weighted by atomic mass is 10.2. The van der Waals surface area contributed by atoms with Gasteiger partial charge in [0.1, 0.15) is 17.2 Å². The van der Waals surface area contributed by atoms with E-state index in [1.54, 1.807) is 60.7 Å². The van der Waals surface area contributed by atoms with Gasteiger partial charge in [-0.05, 0) is 79.2 Å². The van der Waals surface area contributed by atoms with Crippen molar-refractivity contribution in [2.75, 3.05) is 13.2 Å². The van der Waals surface area contributed by atoms with Gasteiger partial charge in [0.2, 0.25) is 0 Å². The first-order valence-electron chi connectivity index (χ1n) is 9.89. The number of benzene rings is 3. The number of ether oxygens (including phenoxy) is 3. The molecule has 0 saturated heterocycles. The summed E-state index contributed by atoms with van der Waals surface area (Å²) in [7, 11) is 0. The summed E-state index contributed by atoms with van der Waals surface area (Å²) in [5.41, 5.74) is 3.46. The minimum Gasteiger partial charge on any atom is -0.494 e. The van der Waals surface area contributed by atoms with Crippen molar-refractivity contribution in [3.8, 4) is 17.2 Å². The second kappa shape index (κ2) is 11.9. The van der Waals surface area contributed by atoms with Crippen molar-refractivity contribution in [1.82, 2.24) is 5.43 Å². The van der Waals surface area contributed by atoms with E-state index in [1.165, 1.54) is 12.3 Å². The quantitative estimate of drug-likeness (QED) is 0.196. The van der Waals surface area contributed by atoms with E-state index in [1.807, 2.05) is 6.92 Å². The van der Waals surface area contributed by atoms with Crippen LogP contribution in [0.4, 0.5) is 0 Å². The van der Waals surface area contributed by atoms with Crippen LogP contribution in [-0.4, -0.2) is 31.3 Å². The lowest BCUT2D eigenvalue weighted by Gasteiger charge is -2.07. The zero-order valence-electron chi connectivity index (χ0n) is 17.6. The Morgan fingerprint density at radius 2 is 1.64 bits per heavy atom. The summed E-state index contributed by atoms with van der Waals surface area (Å²) in [4.78, 5) is 24.1. The summed E-state index contributed by atoms with van der Waals surface area (Å²) >= 11 is 11.8. The third-order valence-corrected chi connectivity index (χ3v) is 4.68. The third-order valence-electron chi connectivity index (χ3n) is 4.15. The molecule has 170 valence electrons. The fourth-order valence-corrected chi connectivity index (χ4v) is 3.05. The minimum atomic E-state index is -0.479. The molecule has 3 aromatic carbocycles. The Balaban J connectivity index is 1.46. The van der Waals surface area contributed by atoms with Crippen LogP contribution in [0.25, 0.3) is 0 Å². The fraction of sp³-hybridized carbons (Fsp3) is 0.125. The molecule has 7 nitrogen and oxygen atoms in total. The molecule has 1 amide bonds. The zero-order chi connectivity index (χ0) is 23.6. The van der Waals surface area contributed by atoms with E-state index in [0.717, 1.165) is 0 Å². The van der Waals surface area contributed by atoms with Gasteiger partial charge in [-0.3, -0.25) is 4.79 Å². The van der Waals surface area contributed by atoms with Crippen LogP contribution in [0.3, 0.4) is 0 Å². The molecule has 9 heteroatoms. The molecule has 0 bridgehead atoms. The Bertz CT molecular complexity index is 1130. The van der Waals surface area contributed by atoms with Crippen molar-refractivity contribution in [2.45, 2.75) is 6.92 Å². The van der Waals surface area contributed by atoms with Gasteiger partial charge < -0.3 is 14.2 Å². The van der Waals surface area contributed by atoms with Crippen molar-refractivity contribution >= 4 is 41.3 Å².